The van der Waals surface area contributed by atoms with Crippen molar-refractivity contribution >= 4 is 0 Å². The van der Waals surface area contributed by atoms with Gasteiger partial charge in [-0.1, -0.05) is 6.92 Å². The fourth-order valence-corrected chi connectivity index (χ4v) is 1.49. The minimum Gasteiger partial charge on any atom is -0.309 e. The fourth-order valence-electron chi connectivity index (χ4n) is 1.49. The summed E-state index contributed by atoms with van der Waals surface area (Å²) in [6.45, 7) is 6.76. The predicted octanol–water partition coefficient (Wildman–Crippen LogP) is 1.65. The lowest BCUT2D eigenvalue weighted by molar-refractivity contribution is 0.309. The Bertz CT molecular complexity index is 317. The Morgan fingerprint density at radius 2 is 2.31 bits per heavy atom. The average Bonchev–Trinajstić information content (AvgIpc) is 2.28. The molecule has 0 aliphatic carbocycles. The highest BCUT2D eigenvalue weighted by atomic mass is 19.1. The van der Waals surface area contributed by atoms with Gasteiger partial charge in [0.05, 0.1) is 6.20 Å². The average molecular weight is 225 g/mol. The highest BCUT2D eigenvalue weighted by molar-refractivity contribution is 5.12. The van der Waals surface area contributed by atoms with E-state index in [1.165, 1.54) is 6.20 Å². The summed E-state index contributed by atoms with van der Waals surface area (Å²) >= 11 is 0. The summed E-state index contributed by atoms with van der Waals surface area (Å²) in [5, 5.41) is 3.30. The molecule has 0 saturated carbocycles. The van der Waals surface area contributed by atoms with Crippen LogP contribution >= 0.6 is 0 Å². The molecule has 1 heterocycles. The van der Waals surface area contributed by atoms with E-state index in [1.807, 2.05) is 0 Å². The van der Waals surface area contributed by atoms with E-state index in [1.54, 1.807) is 12.3 Å². The first kappa shape index (κ1) is 13.1. The summed E-state index contributed by atoms with van der Waals surface area (Å²) in [5.74, 6) is -0.244. The van der Waals surface area contributed by atoms with Crippen LogP contribution in [0.2, 0.25) is 0 Å². The Hall–Kier alpha value is -1.00. The summed E-state index contributed by atoms with van der Waals surface area (Å²) in [4.78, 5) is 5.95. The van der Waals surface area contributed by atoms with Gasteiger partial charge in [0.25, 0.3) is 0 Å². The van der Waals surface area contributed by atoms with Gasteiger partial charge in [0.1, 0.15) is 5.82 Å². The van der Waals surface area contributed by atoms with Gasteiger partial charge in [-0.2, -0.15) is 0 Å². The van der Waals surface area contributed by atoms with Gasteiger partial charge in [0.2, 0.25) is 0 Å². The smallest absolute Gasteiger partial charge is 0.145 e. The van der Waals surface area contributed by atoms with Crippen LogP contribution in [0.1, 0.15) is 19.4 Å². The zero-order chi connectivity index (χ0) is 12.0. The van der Waals surface area contributed by atoms with Gasteiger partial charge in [-0.25, -0.2) is 4.39 Å². The standard InChI is InChI=1S/C12H20FN3/c1-4-16(3)9-10(2)15-7-11-5-6-14-8-12(11)13/h5-6,8,10,15H,4,7,9H2,1-3H3. The molecular weight excluding hydrogens is 205 g/mol. The zero-order valence-corrected chi connectivity index (χ0v) is 10.2. The van der Waals surface area contributed by atoms with Gasteiger partial charge < -0.3 is 10.2 Å². The zero-order valence-electron chi connectivity index (χ0n) is 10.2. The number of rotatable bonds is 6. The van der Waals surface area contributed by atoms with E-state index in [-0.39, 0.29) is 5.82 Å². The SMILES string of the molecule is CCN(C)CC(C)NCc1ccncc1F. The molecule has 1 atom stereocenters. The van der Waals surface area contributed by atoms with Crippen molar-refractivity contribution < 1.29 is 4.39 Å². The van der Waals surface area contributed by atoms with Gasteiger partial charge in [-0.3, -0.25) is 4.98 Å². The van der Waals surface area contributed by atoms with Crippen molar-refractivity contribution in [1.82, 2.24) is 15.2 Å². The van der Waals surface area contributed by atoms with Crippen molar-refractivity contribution in [3.63, 3.8) is 0 Å². The highest BCUT2D eigenvalue weighted by Crippen LogP contribution is 2.04. The van der Waals surface area contributed by atoms with Crippen LogP contribution in [0.5, 0.6) is 0 Å². The van der Waals surface area contributed by atoms with Gasteiger partial charge >= 0.3 is 0 Å². The summed E-state index contributed by atoms with van der Waals surface area (Å²) in [6.07, 6.45) is 2.86. The molecule has 0 aliphatic rings. The minimum atomic E-state index is -0.244. The molecule has 0 bridgehead atoms. The Labute approximate surface area is 96.7 Å². The van der Waals surface area contributed by atoms with E-state index in [2.05, 4.69) is 36.1 Å². The van der Waals surface area contributed by atoms with Crippen molar-refractivity contribution in [2.45, 2.75) is 26.4 Å². The molecule has 0 spiro atoms. The second kappa shape index (κ2) is 6.55. The monoisotopic (exact) mass is 225 g/mol. The molecule has 16 heavy (non-hydrogen) atoms. The van der Waals surface area contributed by atoms with E-state index < -0.39 is 0 Å². The van der Waals surface area contributed by atoms with Crippen LogP contribution < -0.4 is 5.32 Å². The van der Waals surface area contributed by atoms with E-state index in [9.17, 15) is 4.39 Å². The molecule has 1 N–H and O–H groups in total. The lowest BCUT2D eigenvalue weighted by Crippen LogP contribution is -2.37. The lowest BCUT2D eigenvalue weighted by atomic mass is 10.2. The Morgan fingerprint density at radius 1 is 1.56 bits per heavy atom. The van der Waals surface area contributed by atoms with E-state index in [0.29, 0.717) is 18.2 Å². The lowest BCUT2D eigenvalue weighted by Gasteiger charge is -2.20. The van der Waals surface area contributed by atoms with Crippen molar-refractivity contribution in [1.29, 1.82) is 0 Å². The predicted molar refractivity (Wildman–Crippen MR) is 63.7 cm³/mol. The molecule has 0 radical (unpaired) electrons. The fraction of sp³-hybridized carbons (Fsp3) is 0.583. The molecule has 4 heteroatoms. The maximum atomic E-state index is 13.3. The third-order valence-electron chi connectivity index (χ3n) is 2.62. The molecule has 1 aromatic heterocycles. The van der Waals surface area contributed by atoms with Crippen LogP contribution in [0.3, 0.4) is 0 Å². The molecule has 0 saturated heterocycles. The topological polar surface area (TPSA) is 28.2 Å². The van der Waals surface area contributed by atoms with E-state index in [0.717, 1.165) is 13.1 Å². The molecule has 90 valence electrons. The third-order valence-corrected chi connectivity index (χ3v) is 2.62. The van der Waals surface area contributed by atoms with E-state index in [4.69, 9.17) is 0 Å². The number of hydrogen-bond donors (Lipinski definition) is 1. The summed E-state index contributed by atoms with van der Waals surface area (Å²) < 4.78 is 13.3. The van der Waals surface area contributed by atoms with Gasteiger partial charge in [-0.05, 0) is 26.6 Å². The quantitative estimate of drug-likeness (QED) is 0.798. The second-order valence-electron chi connectivity index (χ2n) is 4.10. The molecule has 0 amide bonds. The molecule has 3 nitrogen and oxygen atoms in total. The molecular formula is C12H20FN3. The molecule has 0 fully saturated rings. The molecule has 1 rings (SSSR count). The van der Waals surface area contributed by atoms with Crippen molar-refractivity contribution in [2.75, 3.05) is 20.1 Å². The first-order valence-electron chi connectivity index (χ1n) is 5.63. The number of aromatic nitrogens is 1. The maximum absolute atomic E-state index is 13.3. The Balaban J connectivity index is 2.37. The molecule has 0 aliphatic heterocycles. The minimum absolute atomic E-state index is 0.244. The van der Waals surface area contributed by atoms with Crippen LogP contribution in [0.4, 0.5) is 4.39 Å². The van der Waals surface area contributed by atoms with Crippen LogP contribution in [0.25, 0.3) is 0 Å². The number of pyridine rings is 1. The third kappa shape index (κ3) is 4.24. The normalized spacial score (nSPS) is 13.1. The molecule has 1 aromatic rings. The highest BCUT2D eigenvalue weighted by Gasteiger charge is 2.06. The second-order valence-corrected chi connectivity index (χ2v) is 4.10. The van der Waals surface area contributed by atoms with Gasteiger partial charge in [0, 0.05) is 30.9 Å². The van der Waals surface area contributed by atoms with Crippen molar-refractivity contribution in [3.8, 4) is 0 Å². The number of nitrogens with zero attached hydrogens (tertiary/aromatic N) is 2. The Kier molecular flexibility index (Phi) is 5.35. The number of halogens is 1. The number of likely N-dealkylation sites (N-methyl/N-ethyl adjacent to an activating group) is 1. The maximum Gasteiger partial charge on any atom is 0.145 e. The molecule has 1 unspecified atom stereocenters. The van der Waals surface area contributed by atoms with Gasteiger partial charge in [-0.15, -0.1) is 0 Å². The first-order chi connectivity index (χ1) is 7.63. The van der Waals surface area contributed by atoms with Crippen LogP contribution in [0.15, 0.2) is 18.5 Å². The number of hydrogen-bond acceptors (Lipinski definition) is 3. The first-order valence-corrected chi connectivity index (χ1v) is 5.63. The summed E-state index contributed by atoms with van der Waals surface area (Å²) in [6, 6.07) is 2.05. The van der Waals surface area contributed by atoms with Gasteiger partial charge in [0.15, 0.2) is 0 Å². The van der Waals surface area contributed by atoms with Crippen LogP contribution in [0, 0.1) is 5.82 Å². The summed E-state index contributed by atoms with van der Waals surface area (Å²) in [5.41, 5.74) is 0.668. The van der Waals surface area contributed by atoms with E-state index >= 15 is 0 Å². The van der Waals surface area contributed by atoms with Crippen molar-refractivity contribution in [3.05, 3.63) is 29.8 Å². The van der Waals surface area contributed by atoms with Crippen LogP contribution in [-0.4, -0.2) is 36.1 Å². The molecule has 0 aromatic carbocycles. The van der Waals surface area contributed by atoms with Crippen molar-refractivity contribution in [2.24, 2.45) is 0 Å². The largest absolute Gasteiger partial charge is 0.309 e. The summed E-state index contributed by atoms with van der Waals surface area (Å²) in [7, 11) is 2.07. The van der Waals surface area contributed by atoms with Crippen LogP contribution in [-0.2, 0) is 6.54 Å². The number of nitrogens with one attached hydrogen (secondary N) is 1. The Morgan fingerprint density at radius 3 is 2.94 bits per heavy atom.